The van der Waals surface area contributed by atoms with Crippen LogP contribution >= 0.6 is 0 Å². The maximum atomic E-state index is 11.9. The van der Waals surface area contributed by atoms with Crippen LogP contribution in [-0.2, 0) is 6.42 Å². The first kappa shape index (κ1) is 12.2. The zero-order valence-corrected chi connectivity index (χ0v) is 10.4. The molecule has 0 spiro atoms. The summed E-state index contributed by atoms with van der Waals surface area (Å²) < 4.78 is 0. The zero-order valence-electron chi connectivity index (χ0n) is 10.4. The van der Waals surface area contributed by atoms with Crippen molar-refractivity contribution in [3.8, 4) is 0 Å². The van der Waals surface area contributed by atoms with Crippen LogP contribution in [0.25, 0.3) is 0 Å². The summed E-state index contributed by atoms with van der Waals surface area (Å²) in [6, 6.07) is 1.74. The summed E-state index contributed by atoms with van der Waals surface area (Å²) in [5, 5.41) is 9.41. The number of aromatic nitrogens is 4. The molecule has 2 rings (SSSR count). The van der Waals surface area contributed by atoms with E-state index in [-0.39, 0.29) is 11.7 Å². The lowest BCUT2D eigenvalue weighted by molar-refractivity contribution is 0.101. The molecule has 0 atom stereocenters. The van der Waals surface area contributed by atoms with Crippen molar-refractivity contribution in [3.63, 3.8) is 0 Å². The molecule has 18 heavy (non-hydrogen) atoms. The van der Waals surface area contributed by atoms with Crippen molar-refractivity contribution in [2.45, 2.75) is 26.7 Å². The second kappa shape index (κ2) is 5.39. The number of amides is 1. The summed E-state index contributed by atoms with van der Waals surface area (Å²) in [4.78, 5) is 20.0. The first-order chi connectivity index (χ1) is 8.70. The van der Waals surface area contributed by atoms with Crippen molar-refractivity contribution >= 4 is 11.6 Å². The Hall–Kier alpha value is -2.24. The average molecular weight is 245 g/mol. The normalized spacial score (nSPS) is 10.3. The predicted molar refractivity (Wildman–Crippen MR) is 67.3 cm³/mol. The fraction of sp³-hybridized carbons (Fsp3) is 0.333. The van der Waals surface area contributed by atoms with Crippen molar-refractivity contribution in [1.82, 2.24) is 20.2 Å². The van der Waals surface area contributed by atoms with Crippen molar-refractivity contribution in [2.24, 2.45) is 0 Å². The van der Waals surface area contributed by atoms with Gasteiger partial charge < -0.3 is 5.32 Å². The molecule has 2 aromatic rings. The smallest absolute Gasteiger partial charge is 0.295 e. The van der Waals surface area contributed by atoms with E-state index in [0.717, 1.165) is 29.9 Å². The topological polar surface area (TPSA) is 83.6 Å². The predicted octanol–water partition coefficient (Wildman–Crippen LogP) is 1.71. The lowest BCUT2D eigenvalue weighted by Crippen LogP contribution is -2.14. The van der Waals surface area contributed by atoms with E-state index in [1.807, 2.05) is 13.8 Å². The summed E-state index contributed by atoms with van der Waals surface area (Å²) >= 11 is 0. The van der Waals surface area contributed by atoms with Gasteiger partial charge in [-0.15, -0.1) is 5.10 Å². The van der Waals surface area contributed by atoms with Crippen LogP contribution in [0.5, 0.6) is 0 Å². The molecule has 6 nitrogen and oxygen atoms in total. The molecule has 0 aliphatic heterocycles. The number of aryl methyl sites for hydroxylation is 2. The molecule has 0 saturated heterocycles. The zero-order chi connectivity index (χ0) is 13.0. The minimum absolute atomic E-state index is 0.162. The number of anilines is 1. The Balaban J connectivity index is 2.10. The number of aromatic amines is 1. The summed E-state index contributed by atoms with van der Waals surface area (Å²) in [5.74, 6) is 0.576. The van der Waals surface area contributed by atoms with Crippen LogP contribution < -0.4 is 5.32 Å². The minimum Gasteiger partial charge on any atom is -0.319 e. The van der Waals surface area contributed by atoms with Crippen LogP contribution in [0, 0.1) is 6.92 Å². The van der Waals surface area contributed by atoms with E-state index in [1.54, 1.807) is 18.5 Å². The molecule has 0 bridgehead atoms. The van der Waals surface area contributed by atoms with E-state index >= 15 is 0 Å². The Labute approximate surface area is 105 Å². The Morgan fingerprint density at radius 2 is 2.33 bits per heavy atom. The van der Waals surface area contributed by atoms with Gasteiger partial charge in [-0.3, -0.25) is 14.9 Å². The maximum Gasteiger partial charge on any atom is 0.295 e. The van der Waals surface area contributed by atoms with Crippen molar-refractivity contribution in [3.05, 3.63) is 35.7 Å². The number of nitrogens with zero attached hydrogens (tertiary/aromatic N) is 3. The molecule has 2 heterocycles. The highest BCUT2D eigenvalue weighted by atomic mass is 16.2. The van der Waals surface area contributed by atoms with E-state index in [4.69, 9.17) is 0 Å². The van der Waals surface area contributed by atoms with Gasteiger partial charge in [0.2, 0.25) is 5.82 Å². The molecule has 6 heteroatoms. The fourth-order valence-electron chi connectivity index (χ4n) is 1.54. The molecule has 0 aliphatic rings. The molecular formula is C12H15N5O. The van der Waals surface area contributed by atoms with Crippen molar-refractivity contribution in [1.29, 1.82) is 0 Å². The van der Waals surface area contributed by atoms with E-state index in [2.05, 4.69) is 25.5 Å². The van der Waals surface area contributed by atoms with Gasteiger partial charge in [0.25, 0.3) is 5.91 Å². The van der Waals surface area contributed by atoms with Crippen LogP contribution in [0.15, 0.2) is 18.5 Å². The number of pyridine rings is 1. The van der Waals surface area contributed by atoms with Gasteiger partial charge >= 0.3 is 0 Å². The summed E-state index contributed by atoms with van der Waals surface area (Å²) in [7, 11) is 0. The minimum atomic E-state index is -0.317. The van der Waals surface area contributed by atoms with Crippen molar-refractivity contribution in [2.75, 3.05) is 5.32 Å². The Bertz CT molecular complexity index is 549. The van der Waals surface area contributed by atoms with Gasteiger partial charge in [-0.25, -0.2) is 4.98 Å². The average Bonchev–Trinajstić information content (AvgIpc) is 2.81. The van der Waals surface area contributed by atoms with Crippen molar-refractivity contribution < 1.29 is 4.79 Å². The maximum absolute atomic E-state index is 11.9. The monoisotopic (exact) mass is 245 g/mol. The first-order valence-corrected chi connectivity index (χ1v) is 5.84. The second-order valence-electron chi connectivity index (χ2n) is 4.00. The molecule has 0 saturated carbocycles. The van der Waals surface area contributed by atoms with E-state index in [0.29, 0.717) is 0 Å². The number of rotatable bonds is 4. The van der Waals surface area contributed by atoms with E-state index in [1.165, 1.54) is 0 Å². The third-order valence-electron chi connectivity index (χ3n) is 2.49. The Morgan fingerprint density at radius 3 is 3.06 bits per heavy atom. The molecule has 0 fully saturated rings. The summed E-state index contributed by atoms with van der Waals surface area (Å²) in [6.07, 6.45) is 5.06. The second-order valence-corrected chi connectivity index (χ2v) is 4.00. The van der Waals surface area contributed by atoms with Gasteiger partial charge in [-0.2, -0.15) is 0 Å². The highest BCUT2D eigenvalue weighted by Crippen LogP contribution is 2.12. The molecule has 0 aliphatic carbocycles. The van der Waals surface area contributed by atoms with Crippen LogP contribution in [0.2, 0.25) is 0 Å². The highest BCUT2D eigenvalue weighted by Gasteiger charge is 2.13. The first-order valence-electron chi connectivity index (χ1n) is 5.84. The van der Waals surface area contributed by atoms with Gasteiger partial charge in [0.15, 0.2) is 0 Å². The third kappa shape index (κ3) is 2.71. The van der Waals surface area contributed by atoms with Gasteiger partial charge in [0.1, 0.15) is 5.82 Å². The fourth-order valence-corrected chi connectivity index (χ4v) is 1.54. The van der Waals surface area contributed by atoms with Crippen LogP contribution in [0.4, 0.5) is 5.69 Å². The SMILES string of the molecule is CCCc1nc(C(=O)Nc2ccncc2C)n[nH]1. The Morgan fingerprint density at radius 1 is 1.50 bits per heavy atom. The number of hydrogen-bond donors (Lipinski definition) is 2. The van der Waals surface area contributed by atoms with E-state index in [9.17, 15) is 4.79 Å². The van der Waals surface area contributed by atoms with Gasteiger partial charge in [0, 0.05) is 24.5 Å². The largest absolute Gasteiger partial charge is 0.319 e. The standard InChI is InChI=1S/C12H15N5O/c1-3-4-10-15-11(17-16-10)12(18)14-9-5-6-13-7-8(9)2/h5-7H,3-4H2,1-2H3,(H,13,14,18)(H,15,16,17). The number of carbonyl (C=O) groups is 1. The number of H-pyrrole nitrogens is 1. The van der Waals surface area contributed by atoms with Gasteiger partial charge in [-0.05, 0) is 25.0 Å². The van der Waals surface area contributed by atoms with Crippen LogP contribution in [-0.4, -0.2) is 26.1 Å². The number of carbonyl (C=O) groups excluding carboxylic acids is 1. The Kier molecular flexibility index (Phi) is 3.66. The van der Waals surface area contributed by atoms with Gasteiger partial charge in [-0.1, -0.05) is 6.92 Å². The number of nitrogens with one attached hydrogen (secondary N) is 2. The molecule has 0 radical (unpaired) electrons. The van der Waals surface area contributed by atoms with Crippen LogP contribution in [0.1, 0.15) is 35.4 Å². The molecule has 1 amide bonds. The molecule has 2 N–H and O–H groups in total. The molecular weight excluding hydrogens is 230 g/mol. The lowest BCUT2D eigenvalue weighted by atomic mass is 10.2. The molecule has 0 unspecified atom stereocenters. The molecule has 0 aromatic carbocycles. The van der Waals surface area contributed by atoms with Crippen LogP contribution in [0.3, 0.4) is 0 Å². The molecule has 94 valence electrons. The quantitative estimate of drug-likeness (QED) is 0.859. The summed E-state index contributed by atoms with van der Waals surface area (Å²) in [5.41, 5.74) is 1.62. The third-order valence-corrected chi connectivity index (χ3v) is 2.49. The lowest BCUT2D eigenvalue weighted by Gasteiger charge is -2.04. The number of hydrogen-bond acceptors (Lipinski definition) is 4. The van der Waals surface area contributed by atoms with Gasteiger partial charge in [0.05, 0.1) is 0 Å². The highest BCUT2D eigenvalue weighted by molar-refractivity contribution is 6.01. The summed E-state index contributed by atoms with van der Waals surface area (Å²) in [6.45, 7) is 3.92. The van der Waals surface area contributed by atoms with E-state index < -0.39 is 0 Å². The molecule has 2 aromatic heterocycles.